The molecule has 5 heteroatoms. The van der Waals surface area contributed by atoms with Gasteiger partial charge < -0.3 is 9.15 Å². The first-order valence-electron chi connectivity index (χ1n) is 3.69. The summed E-state index contributed by atoms with van der Waals surface area (Å²) in [7, 11) is 1.53. The van der Waals surface area contributed by atoms with Crippen LogP contribution in [0.1, 0.15) is 5.89 Å². The Morgan fingerprint density at radius 2 is 2.46 bits per heavy atom. The molecule has 0 radical (unpaired) electrons. The fourth-order valence-corrected chi connectivity index (χ4v) is 1.03. The molecule has 0 fully saturated rings. The first kappa shape index (κ1) is 8.12. The van der Waals surface area contributed by atoms with Gasteiger partial charge in [0.2, 0.25) is 11.6 Å². The van der Waals surface area contributed by atoms with Crippen LogP contribution in [-0.2, 0) is 11.3 Å². The molecule has 0 saturated carbocycles. The van der Waals surface area contributed by atoms with Gasteiger partial charge in [0.15, 0.2) is 0 Å². The van der Waals surface area contributed by atoms with E-state index < -0.39 is 5.82 Å². The summed E-state index contributed by atoms with van der Waals surface area (Å²) >= 11 is 0. The number of hydrogen-bond acceptors (Lipinski definition) is 4. The van der Waals surface area contributed by atoms with E-state index in [0.29, 0.717) is 17.1 Å². The minimum absolute atomic E-state index is 0.262. The van der Waals surface area contributed by atoms with Crippen molar-refractivity contribution >= 4 is 11.2 Å². The van der Waals surface area contributed by atoms with Crippen LogP contribution in [0.4, 0.5) is 4.39 Å². The van der Waals surface area contributed by atoms with Crippen molar-refractivity contribution in [3.63, 3.8) is 0 Å². The summed E-state index contributed by atoms with van der Waals surface area (Å²) in [6, 6.07) is 1.27. The quantitative estimate of drug-likeness (QED) is 0.706. The van der Waals surface area contributed by atoms with Crippen molar-refractivity contribution in [3.8, 4) is 0 Å². The molecule has 68 valence electrons. The number of pyridine rings is 1. The largest absolute Gasteiger partial charge is 0.420 e. The van der Waals surface area contributed by atoms with Crippen molar-refractivity contribution in [2.24, 2.45) is 0 Å². The highest BCUT2D eigenvalue weighted by Crippen LogP contribution is 2.13. The number of halogens is 1. The first-order chi connectivity index (χ1) is 6.29. The fourth-order valence-electron chi connectivity index (χ4n) is 1.03. The Labute approximate surface area is 73.4 Å². The summed E-state index contributed by atoms with van der Waals surface area (Å²) in [5.74, 6) is -0.0274. The predicted octanol–water partition coefficient (Wildman–Crippen LogP) is 1.51. The summed E-state index contributed by atoms with van der Waals surface area (Å²) in [5.41, 5.74) is 0.737. The molecule has 13 heavy (non-hydrogen) atoms. The van der Waals surface area contributed by atoms with Gasteiger partial charge in [0, 0.05) is 13.2 Å². The Bertz CT molecular complexity index is 427. The van der Waals surface area contributed by atoms with E-state index in [2.05, 4.69) is 9.97 Å². The van der Waals surface area contributed by atoms with Gasteiger partial charge in [-0.15, -0.1) is 0 Å². The van der Waals surface area contributed by atoms with Gasteiger partial charge in [0.25, 0.3) is 0 Å². The smallest absolute Gasteiger partial charge is 0.247 e. The van der Waals surface area contributed by atoms with Crippen LogP contribution in [0, 0.1) is 5.82 Å². The number of methoxy groups -OCH3 is 1. The third kappa shape index (κ3) is 1.50. The molecule has 0 amide bonds. The van der Waals surface area contributed by atoms with Crippen LogP contribution in [0.25, 0.3) is 11.2 Å². The molecule has 0 aliphatic heterocycles. The van der Waals surface area contributed by atoms with Gasteiger partial charge in [0.05, 0.1) is 6.20 Å². The molecule has 0 aliphatic carbocycles. The Morgan fingerprint density at radius 1 is 1.62 bits per heavy atom. The second-order valence-electron chi connectivity index (χ2n) is 2.52. The molecule has 2 heterocycles. The maximum atomic E-state index is 12.7. The lowest BCUT2D eigenvalue weighted by atomic mass is 10.4. The third-order valence-electron chi connectivity index (χ3n) is 1.53. The third-order valence-corrected chi connectivity index (χ3v) is 1.53. The summed E-state index contributed by atoms with van der Waals surface area (Å²) in [6.07, 6.45) is 1.09. The van der Waals surface area contributed by atoms with Gasteiger partial charge in [-0.05, 0) is 0 Å². The fraction of sp³-hybridized carbons (Fsp3) is 0.250. The highest BCUT2D eigenvalue weighted by molar-refractivity contribution is 5.67. The average molecular weight is 182 g/mol. The van der Waals surface area contributed by atoms with Crippen LogP contribution in [-0.4, -0.2) is 17.1 Å². The van der Waals surface area contributed by atoms with Crippen LogP contribution in [0.15, 0.2) is 16.7 Å². The first-order valence-corrected chi connectivity index (χ1v) is 3.69. The lowest BCUT2D eigenvalue weighted by molar-refractivity contribution is 0.161. The van der Waals surface area contributed by atoms with E-state index in [9.17, 15) is 4.39 Å². The molecule has 0 N–H and O–H groups in total. The molecule has 0 unspecified atom stereocenters. The number of ether oxygens (including phenoxy) is 1. The summed E-state index contributed by atoms with van der Waals surface area (Å²) < 4.78 is 22.6. The van der Waals surface area contributed by atoms with E-state index in [0.717, 1.165) is 6.20 Å². The Hall–Kier alpha value is -1.49. The maximum absolute atomic E-state index is 12.7. The van der Waals surface area contributed by atoms with Gasteiger partial charge >= 0.3 is 0 Å². The second kappa shape index (κ2) is 3.10. The number of nitrogens with zero attached hydrogens (tertiary/aromatic N) is 2. The summed E-state index contributed by atoms with van der Waals surface area (Å²) in [5, 5.41) is 0. The van der Waals surface area contributed by atoms with Crippen LogP contribution >= 0.6 is 0 Å². The molecular formula is C8H7FN2O2. The summed E-state index contributed by atoms with van der Waals surface area (Å²) in [4.78, 5) is 7.69. The van der Waals surface area contributed by atoms with Crippen molar-refractivity contribution in [1.29, 1.82) is 0 Å². The molecule has 2 aromatic rings. The van der Waals surface area contributed by atoms with Crippen molar-refractivity contribution in [2.75, 3.05) is 7.11 Å². The molecule has 0 spiro atoms. The van der Waals surface area contributed by atoms with E-state index in [1.807, 2.05) is 0 Å². The molecule has 0 aliphatic rings. The zero-order chi connectivity index (χ0) is 9.26. The van der Waals surface area contributed by atoms with Gasteiger partial charge in [-0.2, -0.15) is 0 Å². The van der Waals surface area contributed by atoms with Gasteiger partial charge in [-0.25, -0.2) is 14.4 Å². The van der Waals surface area contributed by atoms with E-state index in [1.54, 1.807) is 0 Å². The highest BCUT2D eigenvalue weighted by atomic mass is 19.1. The number of fused-ring (bicyclic) bond motifs is 1. The molecule has 4 nitrogen and oxygen atoms in total. The monoisotopic (exact) mass is 182 g/mol. The van der Waals surface area contributed by atoms with Crippen molar-refractivity contribution in [2.45, 2.75) is 6.61 Å². The normalized spacial score (nSPS) is 10.9. The minimum atomic E-state index is -0.426. The molecule has 2 rings (SSSR count). The molecule has 0 aromatic carbocycles. The van der Waals surface area contributed by atoms with Crippen LogP contribution in [0.2, 0.25) is 0 Å². The van der Waals surface area contributed by atoms with E-state index in [-0.39, 0.29) is 6.61 Å². The molecule has 0 bridgehead atoms. The Morgan fingerprint density at radius 3 is 3.23 bits per heavy atom. The second-order valence-corrected chi connectivity index (χ2v) is 2.52. The number of hydrogen-bond donors (Lipinski definition) is 0. The lowest BCUT2D eigenvalue weighted by Crippen LogP contribution is -1.85. The topological polar surface area (TPSA) is 48.2 Å². The molecular weight excluding hydrogens is 175 g/mol. The minimum Gasteiger partial charge on any atom is -0.420 e. The SMILES string of the molecule is COCc1nc2cc(F)cnc2o1. The Kier molecular flexibility index (Phi) is 1.94. The number of rotatable bonds is 2. The van der Waals surface area contributed by atoms with E-state index in [1.165, 1.54) is 13.2 Å². The highest BCUT2D eigenvalue weighted by Gasteiger charge is 2.06. The van der Waals surface area contributed by atoms with E-state index in [4.69, 9.17) is 9.15 Å². The van der Waals surface area contributed by atoms with Crippen molar-refractivity contribution < 1.29 is 13.5 Å². The van der Waals surface area contributed by atoms with Gasteiger partial charge in [-0.1, -0.05) is 0 Å². The van der Waals surface area contributed by atoms with Crippen LogP contribution in [0.3, 0.4) is 0 Å². The predicted molar refractivity (Wildman–Crippen MR) is 42.5 cm³/mol. The number of oxazole rings is 1. The maximum Gasteiger partial charge on any atom is 0.247 e. The van der Waals surface area contributed by atoms with Gasteiger partial charge in [-0.3, -0.25) is 0 Å². The lowest BCUT2D eigenvalue weighted by Gasteiger charge is -1.87. The van der Waals surface area contributed by atoms with Crippen LogP contribution in [0.5, 0.6) is 0 Å². The molecule has 2 aromatic heterocycles. The van der Waals surface area contributed by atoms with Crippen molar-refractivity contribution in [3.05, 3.63) is 24.0 Å². The van der Waals surface area contributed by atoms with Crippen molar-refractivity contribution in [1.82, 2.24) is 9.97 Å². The van der Waals surface area contributed by atoms with E-state index >= 15 is 0 Å². The zero-order valence-corrected chi connectivity index (χ0v) is 6.95. The van der Waals surface area contributed by atoms with Crippen LogP contribution < -0.4 is 0 Å². The molecule has 0 saturated heterocycles. The Balaban J connectivity index is 2.49. The standard InChI is InChI=1S/C8H7FN2O2/c1-12-4-7-11-6-2-5(9)3-10-8(6)13-7/h2-3H,4H2,1H3. The van der Waals surface area contributed by atoms with Gasteiger partial charge in [0.1, 0.15) is 17.9 Å². The number of aromatic nitrogens is 2. The summed E-state index contributed by atoms with van der Waals surface area (Å²) in [6.45, 7) is 0.262. The zero-order valence-electron chi connectivity index (χ0n) is 6.95. The average Bonchev–Trinajstić information content (AvgIpc) is 2.46. The molecule has 0 atom stereocenters.